The molecule has 0 fully saturated rings. The van der Waals surface area contributed by atoms with Crippen LogP contribution in [0.4, 0.5) is 0 Å². The summed E-state index contributed by atoms with van der Waals surface area (Å²) in [6.45, 7) is 0. The normalized spacial score (nSPS) is 10.7. The van der Waals surface area contributed by atoms with Crippen LogP contribution in [-0.4, -0.2) is 46.7 Å². The Labute approximate surface area is 162 Å². The Bertz CT molecular complexity index is 853. The number of ether oxygens (including phenoxy) is 2. The van der Waals surface area contributed by atoms with Gasteiger partial charge in [-0.25, -0.2) is 0 Å². The van der Waals surface area contributed by atoms with Gasteiger partial charge in [0.1, 0.15) is 0 Å². The summed E-state index contributed by atoms with van der Waals surface area (Å²) in [5.41, 5.74) is 1.96. The zero-order valence-corrected chi connectivity index (χ0v) is 16.6. The maximum Gasteiger partial charge on any atom is 0.196 e. The van der Waals surface area contributed by atoms with Gasteiger partial charge in [-0.15, -0.1) is 10.2 Å². The van der Waals surface area contributed by atoms with E-state index in [-0.39, 0.29) is 0 Å². The van der Waals surface area contributed by atoms with Crippen LogP contribution < -0.4 is 9.47 Å². The third kappa shape index (κ3) is 3.99. The van der Waals surface area contributed by atoms with E-state index in [0.717, 1.165) is 33.7 Å². The molecule has 26 heavy (non-hydrogen) atoms. The highest BCUT2D eigenvalue weighted by atomic mass is 32.2. The Kier molecular flexibility index (Phi) is 6.46. The molecule has 0 atom stereocenters. The van der Waals surface area contributed by atoms with E-state index in [1.165, 1.54) is 0 Å². The highest BCUT2D eigenvalue weighted by Gasteiger charge is 2.17. The van der Waals surface area contributed by atoms with Gasteiger partial charge in [0.15, 0.2) is 22.5 Å². The van der Waals surface area contributed by atoms with E-state index < -0.39 is 0 Å². The Hall–Kier alpha value is -2.12. The van der Waals surface area contributed by atoms with E-state index in [0.29, 0.717) is 11.5 Å². The molecule has 0 aliphatic heterocycles. The monoisotopic (exact) mass is 387 g/mol. The third-order valence-electron chi connectivity index (χ3n) is 3.81. The number of rotatable bonds is 8. The van der Waals surface area contributed by atoms with Crippen molar-refractivity contribution in [2.45, 2.75) is 5.16 Å². The van der Waals surface area contributed by atoms with Crippen molar-refractivity contribution in [3.05, 3.63) is 48.5 Å². The van der Waals surface area contributed by atoms with Gasteiger partial charge in [-0.05, 0) is 18.4 Å². The van der Waals surface area contributed by atoms with Crippen molar-refractivity contribution in [1.29, 1.82) is 0 Å². The molecule has 0 spiro atoms. The van der Waals surface area contributed by atoms with Crippen molar-refractivity contribution in [1.82, 2.24) is 14.8 Å². The van der Waals surface area contributed by atoms with Crippen LogP contribution in [0.2, 0.25) is 0 Å². The summed E-state index contributed by atoms with van der Waals surface area (Å²) in [5.74, 6) is 4.22. The molecule has 0 aliphatic rings. The number of hydrogen-bond donors (Lipinski definition) is 0. The molecule has 3 rings (SSSR count). The van der Waals surface area contributed by atoms with Crippen molar-refractivity contribution >= 4 is 23.5 Å². The molecule has 7 heteroatoms. The van der Waals surface area contributed by atoms with Crippen molar-refractivity contribution in [2.24, 2.45) is 0 Å². The number of nitrogens with zero attached hydrogens (tertiary/aromatic N) is 3. The summed E-state index contributed by atoms with van der Waals surface area (Å²) >= 11 is 3.52. The van der Waals surface area contributed by atoms with Gasteiger partial charge in [-0.2, -0.15) is 11.8 Å². The predicted octanol–water partition coefficient (Wildman–Crippen LogP) is 4.41. The molecule has 0 N–H and O–H groups in total. The topological polar surface area (TPSA) is 49.2 Å². The molecule has 5 nitrogen and oxygen atoms in total. The summed E-state index contributed by atoms with van der Waals surface area (Å²) in [7, 11) is 3.27. The summed E-state index contributed by atoms with van der Waals surface area (Å²) in [5, 5.41) is 9.75. The van der Waals surface area contributed by atoms with Crippen LogP contribution in [0.3, 0.4) is 0 Å². The van der Waals surface area contributed by atoms with E-state index in [2.05, 4.69) is 21.0 Å². The molecule has 136 valence electrons. The molecule has 1 heterocycles. The second-order valence-electron chi connectivity index (χ2n) is 5.39. The largest absolute Gasteiger partial charge is 0.493 e. The van der Waals surface area contributed by atoms with E-state index >= 15 is 0 Å². The molecule has 0 saturated carbocycles. The van der Waals surface area contributed by atoms with Crippen LogP contribution in [0.5, 0.6) is 11.5 Å². The molecule has 0 bridgehead atoms. The zero-order chi connectivity index (χ0) is 18.4. The first-order valence-corrected chi connectivity index (χ1v) is 10.5. The highest BCUT2D eigenvalue weighted by Crippen LogP contribution is 2.33. The van der Waals surface area contributed by atoms with Gasteiger partial charge < -0.3 is 9.47 Å². The van der Waals surface area contributed by atoms with Gasteiger partial charge in [0.2, 0.25) is 0 Å². The number of methoxy groups -OCH3 is 2. The molecule has 0 amide bonds. The SMILES string of the molecule is COc1ccc(-n2c(SCCSC)nnc2-c2ccccc2)cc1OC. The van der Waals surface area contributed by atoms with Gasteiger partial charge in [0.05, 0.1) is 19.9 Å². The minimum absolute atomic E-state index is 0.678. The Morgan fingerprint density at radius 1 is 0.923 bits per heavy atom. The minimum Gasteiger partial charge on any atom is -0.493 e. The quantitative estimate of drug-likeness (QED) is 0.422. The molecular formula is C19H21N3O2S2. The number of aromatic nitrogens is 3. The number of benzene rings is 2. The average molecular weight is 388 g/mol. The maximum atomic E-state index is 5.47. The number of thioether (sulfide) groups is 2. The Morgan fingerprint density at radius 3 is 2.38 bits per heavy atom. The molecule has 0 aliphatic carbocycles. The van der Waals surface area contributed by atoms with Crippen LogP contribution in [0.25, 0.3) is 17.1 Å². The second kappa shape index (κ2) is 9.00. The minimum atomic E-state index is 0.678. The second-order valence-corrected chi connectivity index (χ2v) is 7.44. The van der Waals surface area contributed by atoms with Gasteiger partial charge >= 0.3 is 0 Å². The maximum absolute atomic E-state index is 5.47. The zero-order valence-electron chi connectivity index (χ0n) is 15.0. The fraction of sp³-hybridized carbons (Fsp3) is 0.263. The summed E-state index contributed by atoms with van der Waals surface area (Å²) in [6, 6.07) is 15.9. The fourth-order valence-corrected chi connectivity index (χ4v) is 4.15. The Morgan fingerprint density at radius 2 is 1.69 bits per heavy atom. The van der Waals surface area contributed by atoms with Crippen molar-refractivity contribution in [2.75, 3.05) is 32.0 Å². The lowest BCUT2D eigenvalue weighted by atomic mass is 10.2. The van der Waals surface area contributed by atoms with E-state index in [4.69, 9.17) is 9.47 Å². The number of hydrogen-bond acceptors (Lipinski definition) is 6. The lowest BCUT2D eigenvalue weighted by molar-refractivity contribution is 0.355. The summed E-state index contributed by atoms with van der Waals surface area (Å²) < 4.78 is 12.9. The van der Waals surface area contributed by atoms with Crippen molar-refractivity contribution in [3.8, 4) is 28.6 Å². The molecule has 0 unspecified atom stereocenters. The van der Waals surface area contributed by atoms with Crippen LogP contribution in [0.15, 0.2) is 53.7 Å². The van der Waals surface area contributed by atoms with Crippen LogP contribution in [0, 0.1) is 0 Å². The Balaban J connectivity index is 2.09. The summed E-state index contributed by atoms with van der Waals surface area (Å²) in [6.07, 6.45) is 2.11. The summed E-state index contributed by atoms with van der Waals surface area (Å²) in [4.78, 5) is 0. The molecule has 0 radical (unpaired) electrons. The third-order valence-corrected chi connectivity index (χ3v) is 5.61. The first kappa shape index (κ1) is 18.7. The van der Waals surface area contributed by atoms with Gasteiger partial charge in [0.25, 0.3) is 0 Å². The lowest BCUT2D eigenvalue weighted by Crippen LogP contribution is -2.01. The van der Waals surface area contributed by atoms with Crippen LogP contribution in [-0.2, 0) is 0 Å². The molecular weight excluding hydrogens is 366 g/mol. The smallest absolute Gasteiger partial charge is 0.196 e. The fourth-order valence-electron chi connectivity index (χ4n) is 2.55. The van der Waals surface area contributed by atoms with Crippen LogP contribution >= 0.6 is 23.5 Å². The molecule has 2 aromatic carbocycles. The van der Waals surface area contributed by atoms with Gasteiger partial charge in [-0.3, -0.25) is 4.57 Å². The highest BCUT2D eigenvalue weighted by molar-refractivity contribution is 8.02. The lowest BCUT2D eigenvalue weighted by Gasteiger charge is -2.13. The van der Waals surface area contributed by atoms with Crippen molar-refractivity contribution < 1.29 is 9.47 Å². The van der Waals surface area contributed by atoms with E-state index in [1.807, 2.05) is 60.3 Å². The standard InChI is InChI=1S/C19H21N3O2S2/c1-23-16-10-9-15(13-17(16)24-2)22-18(14-7-5-4-6-8-14)20-21-19(22)26-12-11-25-3/h4-10,13H,11-12H2,1-3H3. The first-order valence-electron chi connectivity index (χ1n) is 8.13. The molecule has 3 aromatic rings. The average Bonchev–Trinajstić information content (AvgIpc) is 3.12. The van der Waals surface area contributed by atoms with Gasteiger partial charge in [-0.1, -0.05) is 42.1 Å². The van der Waals surface area contributed by atoms with Gasteiger partial charge in [0, 0.05) is 23.1 Å². The van der Waals surface area contributed by atoms with Crippen LogP contribution in [0.1, 0.15) is 0 Å². The molecule has 1 aromatic heterocycles. The van der Waals surface area contributed by atoms with E-state index in [9.17, 15) is 0 Å². The van der Waals surface area contributed by atoms with Crippen molar-refractivity contribution in [3.63, 3.8) is 0 Å². The molecule has 0 saturated heterocycles. The first-order chi connectivity index (χ1) is 12.8. The predicted molar refractivity (Wildman–Crippen MR) is 109 cm³/mol. The van der Waals surface area contributed by atoms with E-state index in [1.54, 1.807) is 26.0 Å².